The van der Waals surface area contributed by atoms with Crippen LogP contribution in [0.5, 0.6) is 0 Å². The number of carbonyl (C=O) groups is 2. The second kappa shape index (κ2) is 5.65. The van der Waals surface area contributed by atoms with E-state index < -0.39 is 0 Å². The number of fused-ring (bicyclic) bond motifs is 1. The van der Waals surface area contributed by atoms with Crippen LogP contribution in [0.4, 0.5) is 0 Å². The largest absolute Gasteiger partial charge is 0.354 e. The zero-order valence-electron chi connectivity index (χ0n) is 11.6. The van der Waals surface area contributed by atoms with Crippen LogP contribution in [0.15, 0.2) is 24.3 Å². The third kappa shape index (κ3) is 3.00. The standard InChI is InChI=1S/C16H20N2O2/c19-15(11-12-5-6-12)17-8-10-18-9-7-13-3-1-2-4-14(13)16(18)20/h1-4,12H,5-11H2,(H,17,19). The quantitative estimate of drug-likeness (QED) is 0.885. The third-order valence-corrected chi connectivity index (χ3v) is 4.06. The number of nitrogens with one attached hydrogen (secondary N) is 1. The lowest BCUT2D eigenvalue weighted by Gasteiger charge is -2.28. The molecule has 2 aliphatic rings. The molecule has 1 saturated carbocycles. The van der Waals surface area contributed by atoms with Gasteiger partial charge in [-0.25, -0.2) is 0 Å². The molecule has 1 aromatic carbocycles. The van der Waals surface area contributed by atoms with Gasteiger partial charge in [-0.15, -0.1) is 0 Å². The highest BCUT2D eigenvalue weighted by atomic mass is 16.2. The van der Waals surface area contributed by atoms with Crippen LogP contribution in [0.25, 0.3) is 0 Å². The first kappa shape index (κ1) is 13.2. The molecule has 1 N–H and O–H groups in total. The first-order valence-electron chi connectivity index (χ1n) is 7.38. The summed E-state index contributed by atoms with van der Waals surface area (Å²) in [5.41, 5.74) is 1.94. The molecule has 1 aliphatic heterocycles. The second-order valence-corrected chi connectivity index (χ2v) is 5.70. The molecule has 0 bridgehead atoms. The number of rotatable bonds is 5. The van der Waals surface area contributed by atoms with Crippen LogP contribution in [-0.2, 0) is 11.2 Å². The molecule has 4 nitrogen and oxygen atoms in total. The highest BCUT2D eigenvalue weighted by Crippen LogP contribution is 2.32. The van der Waals surface area contributed by atoms with E-state index in [9.17, 15) is 9.59 Å². The summed E-state index contributed by atoms with van der Waals surface area (Å²) in [5.74, 6) is 0.819. The van der Waals surface area contributed by atoms with Gasteiger partial charge in [0.2, 0.25) is 5.91 Å². The van der Waals surface area contributed by atoms with Gasteiger partial charge in [0.25, 0.3) is 5.91 Å². The Hall–Kier alpha value is -1.84. The predicted octanol–water partition coefficient (Wildman–Crippen LogP) is 1.60. The molecule has 1 aromatic rings. The predicted molar refractivity (Wildman–Crippen MR) is 76.4 cm³/mol. The Labute approximate surface area is 119 Å². The van der Waals surface area contributed by atoms with E-state index in [-0.39, 0.29) is 11.8 Å². The minimum absolute atomic E-state index is 0.0864. The number of carbonyl (C=O) groups excluding carboxylic acids is 2. The Morgan fingerprint density at radius 3 is 2.90 bits per heavy atom. The molecule has 106 valence electrons. The Morgan fingerprint density at radius 1 is 1.30 bits per heavy atom. The fourth-order valence-corrected chi connectivity index (χ4v) is 2.67. The molecule has 1 fully saturated rings. The highest BCUT2D eigenvalue weighted by Gasteiger charge is 2.25. The molecule has 20 heavy (non-hydrogen) atoms. The van der Waals surface area contributed by atoms with Gasteiger partial charge in [0.05, 0.1) is 0 Å². The van der Waals surface area contributed by atoms with Gasteiger partial charge in [0, 0.05) is 31.6 Å². The van der Waals surface area contributed by atoms with Crippen molar-refractivity contribution in [1.82, 2.24) is 10.2 Å². The van der Waals surface area contributed by atoms with Crippen molar-refractivity contribution >= 4 is 11.8 Å². The lowest BCUT2D eigenvalue weighted by Crippen LogP contribution is -2.42. The van der Waals surface area contributed by atoms with Gasteiger partial charge in [-0.05, 0) is 36.8 Å². The van der Waals surface area contributed by atoms with Crippen LogP contribution in [0, 0.1) is 5.92 Å². The average molecular weight is 272 g/mol. The summed E-state index contributed by atoms with van der Waals surface area (Å²) in [6.07, 6.45) is 3.93. The van der Waals surface area contributed by atoms with E-state index in [1.54, 1.807) is 0 Å². The first-order chi connectivity index (χ1) is 9.74. The maximum Gasteiger partial charge on any atom is 0.254 e. The monoisotopic (exact) mass is 272 g/mol. The van der Waals surface area contributed by atoms with Crippen LogP contribution in [-0.4, -0.2) is 36.3 Å². The van der Waals surface area contributed by atoms with Gasteiger partial charge < -0.3 is 10.2 Å². The van der Waals surface area contributed by atoms with E-state index in [1.165, 1.54) is 12.8 Å². The van der Waals surface area contributed by atoms with Crippen LogP contribution in [0.2, 0.25) is 0 Å². The number of hydrogen-bond acceptors (Lipinski definition) is 2. The zero-order valence-corrected chi connectivity index (χ0v) is 11.6. The molecule has 3 rings (SSSR count). The maximum absolute atomic E-state index is 12.3. The number of benzene rings is 1. The van der Waals surface area contributed by atoms with Gasteiger partial charge in [-0.3, -0.25) is 9.59 Å². The second-order valence-electron chi connectivity index (χ2n) is 5.70. The molecule has 4 heteroatoms. The van der Waals surface area contributed by atoms with Crippen molar-refractivity contribution < 1.29 is 9.59 Å². The normalized spacial score (nSPS) is 17.8. The van der Waals surface area contributed by atoms with Crippen LogP contribution < -0.4 is 5.32 Å². The fourth-order valence-electron chi connectivity index (χ4n) is 2.67. The lowest BCUT2D eigenvalue weighted by atomic mass is 9.99. The van der Waals surface area contributed by atoms with E-state index in [1.807, 2.05) is 29.2 Å². The van der Waals surface area contributed by atoms with Gasteiger partial charge >= 0.3 is 0 Å². The van der Waals surface area contributed by atoms with Crippen molar-refractivity contribution in [3.63, 3.8) is 0 Å². The molecule has 0 atom stereocenters. The molecule has 1 heterocycles. The minimum atomic E-state index is 0.0864. The molecule has 0 unspecified atom stereocenters. The summed E-state index contributed by atoms with van der Waals surface area (Å²) in [4.78, 5) is 25.7. The lowest BCUT2D eigenvalue weighted by molar-refractivity contribution is -0.121. The Balaban J connectivity index is 1.49. The summed E-state index contributed by atoms with van der Waals surface area (Å²) in [6.45, 7) is 1.90. The summed E-state index contributed by atoms with van der Waals surface area (Å²) in [5, 5.41) is 2.91. The smallest absolute Gasteiger partial charge is 0.254 e. The SMILES string of the molecule is O=C(CC1CC1)NCCN1CCc2ccccc2C1=O. The molecule has 0 spiro atoms. The van der Waals surface area contributed by atoms with Crippen LogP contribution >= 0.6 is 0 Å². The van der Waals surface area contributed by atoms with Gasteiger partial charge in [-0.1, -0.05) is 18.2 Å². The van der Waals surface area contributed by atoms with Crippen molar-refractivity contribution in [2.24, 2.45) is 5.92 Å². The molecular formula is C16H20N2O2. The summed E-state index contributed by atoms with van der Waals surface area (Å²) in [7, 11) is 0. The van der Waals surface area contributed by atoms with Crippen molar-refractivity contribution in [2.75, 3.05) is 19.6 Å². The zero-order chi connectivity index (χ0) is 13.9. The van der Waals surface area contributed by atoms with Crippen molar-refractivity contribution in [1.29, 1.82) is 0 Å². The van der Waals surface area contributed by atoms with E-state index in [0.717, 1.165) is 24.1 Å². The van der Waals surface area contributed by atoms with Crippen molar-refractivity contribution in [2.45, 2.75) is 25.7 Å². The first-order valence-corrected chi connectivity index (χ1v) is 7.38. The third-order valence-electron chi connectivity index (χ3n) is 4.06. The van der Waals surface area contributed by atoms with E-state index >= 15 is 0 Å². The Kier molecular flexibility index (Phi) is 3.72. The maximum atomic E-state index is 12.3. The summed E-state index contributed by atoms with van der Waals surface area (Å²) < 4.78 is 0. The molecule has 0 aromatic heterocycles. The number of hydrogen-bond donors (Lipinski definition) is 1. The van der Waals surface area contributed by atoms with E-state index in [4.69, 9.17) is 0 Å². The van der Waals surface area contributed by atoms with Gasteiger partial charge in [0.1, 0.15) is 0 Å². The van der Waals surface area contributed by atoms with Crippen molar-refractivity contribution in [3.05, 3.63) is 35.4 Å². The topological polar surface area (TPSA) is 49.4 Å². The summed E-state index contributed by atoms with van der Waals surface area (Å²) >= 11 is 0. The molecule has 1 aliphatic carbocycles. The molecule has 0 radical (unpaired) electrons. The van der Waals surface area contributed by atoms with Crippen LogP contribution in [0.3, 0.4) is 0 Å². The minimum Gasteiger partial charge on any atom is -0.354 e. The highest BCUT2D eigenvalue weighted by molar-refractivity contribution is 5.96. The van der Waals surface area contributed by atoms with Crippen LogP contribution in [0.1, 0.15) is 35.2 Å². The molecule has 0 saturated heterocycles. The van der Waals surface area contributed by atoms with Gasteiger partial charge in [0.15, 0.2) is 0 Å². The molecular weight excluding hydrogens is 252 g/mol. The van der Waals surface area contributed by atoms with Gasteiger partial charge in [-0.2, -0.15) is 0 Å². The average Bonchev–Trinajstić information content (AvgIpc) is 3.25. The number of nitrogens with zero attached hydrogens (tertiary/aromatic N) is 1. The Morgan fingerprint density at radius 2 is 2.10 bits per heavy atom. The molecule has 2 amide bonds. The Bertz CT molecular complexity index is 523. The number of amides is 2. The summed E-state index contributed by atoms with van der Waals surface area (Å²) in [6, 6.07) is 7.77. The van der Waals surface area contributed by atoms with Crippen molar-refractivity contribution in [3.8, 4) is 0 Å². The van der Waals surface area contributed by atoms with E-state index in [2.05, 4.69) is 5.32 Å². The fraction of sp³-hybridized carbons (Fsp3) is 0.500. The van der Waals surface area contributed by atoms with E-state index in [0.29, 0.717) is 25.4 Å².